The molecule has 18 N–H and O–H groups in total. The van der Waals surface area contributed by atoms with Gasteiger partial charge in [-0.3, -0.25) is 0 Å². The number of hydrogen-bond donors (Lipinski definition) is 13. The summed E-state index contributed by atoms with van der Waals surface area (Å²) in [5.74, 6) is -1.07. The zero-order valence-corrected chi connectivity index (χ0v) is 27.8. The molecule has 0 aromatic rings. The molecule has 288 valence electrons. The fourth-order valence-electron chi connectivity index (χ4n) is 7.05. The van der Waals surface area contributed by atoms with E-state index in [2.05, 4.69) is 5.32 Å². The van der Waals surface area contributed by atoms with Crippen LogP contribution in [0.1, 0.15) is 32.1 Å². The van der Waals surface area contributed by atoms with E-state index in [1.54, 1.807) is 0 Å². The van der Waals surface area contributed by atoms with E-state index in [9.17, 15) is 35.7 Å². The first-order chi connectivity index (χ1) is 23.5. The van der Waals surface area contributed by atoms with Crippen LogP contribution in [0.4, 0.5) is 0 Å². The molecule has 3 aliphatic heterocycles. The molecule has 0 aromatic carbocycles. The van der Waals surface area contributed by atoms with Crippen LogP contribution in [0, 0.1) is 11.8 Å². The normalized spacial score (nSPS) is 44.9. The Balaban J connectivity index is 1.51. The maximum absolute atomic E-state index is 11.7. The average molecular weight is 713 g/mol. The molecule has 19 nitrogen and oxygen atoms in total. The van der Waals surface area contributed by atoms with E-state index in [1.807, 2.05) is 0 Å². The molecule has 1 aliphatic carbocycles. The van der Waals surface area contributed by atoms with Gasteiger partial charge in [0.05, 0.1) is 30.9 Å². The van der Waals surface area contributed by atoms with Crippen LogP contribution in [0.25, 0.3) is 0 Å². The first-order valence-corrected chi connectivity index (χ1v) is 17.3. The summed E-state index contributed by atoms with van der Waals surface area (Å²) in [6.07, 6.45) is -12.7. The highest BCUT2D eigenvalue weighted by Gasteiger charge is 2.54. The quantitative estimate of drug-likeness (QED) is 0.0623. The molecule has 0 unspecified atom stereocenters. The fourth-order valence-corrected chi connectivity index (χ4v) is 7.05. The van der Waals surface area contributed by atoms with Gasteiger partial charge in [0.2, 0.25) is 0 Å². The molecule has 0 amide bonds. The van der Waals surface area contributed by atoms with Crippen LogP contribution < -0.4 is 34.0 Å². The molecule has 19 heteroatoms. The average Bonchev–Trinajstić information content (AvgIpc) is 3.39. The Hall–Kier alpha value is -0.760. The van der Waals surface area contributed by atoms with Crippen LogP contribution in [0.5, 0.6) is 0 Å². The number of hydrogen-bond acceptors (Lipinski definition) is 19. The first kappa shape index (κ1) is 41.0. The standard InChI is InChI=1S/C30H60N6O13/c31-4-1-5-36-9-15-2-3-16(33)28(44-15)47-25-17(34)7-14(6-13(10-37)11-38)21(40)27(25)49-30-24(43)26(19(12-39)46-30)48-29-20(35)23(42)22(41)18(8-32)45-29/h13-30,36-43H,1-12,31-35H2/t14-,15+,16-,17+,18+,19-,20-,21+,22-,23-,24-,25-,26-,27-,28-,29-,30+/m1/s1. The lowest BCUT2D eigenvalue weighted by Crippen LogP contribution is -2.64. The number of nitrogens with two attached hydrogens (primary N) is 5. The molecule has 0 aromatic heterocycles. The highest BCUT2D eigenvalue weighted by atomic mass is 16.8. The second kappa shape index (κ2) is 19.4. The smallest absolute Gasteiger partial charge is 0.187 e. The Morgan fingerprint density at radius 1 is 0.714 bits per heavy atom. The summed E-state index contributed by atoms with van der Waals surface area (Å²) in [5.41, 5.74) is 30.4. The lowest BCUT2D eigenvalue weighted by Gasteiger charge is -2.47. The predicted octanol–water partition coefficient (Wildman–Crippen LogP) is -6.58. The van der Waals surface area contributed by atoms with E-state index in [0.29, 0.717) is 25.9 Å². The summed E-state index contributed by atoms with van der Waals surface area (Å²) in [6.45, 7) is 0.451. The first-order valence-electron chi connectivity index (χ1n) is 17.3. The van der Waals surface area contributed by atoms with Crippen LogP contribution in [0.3, 0.4) is 0 Å². The van der Waals surface area contributed by atoms with Gasteiger partial charge in [-0.2, -0.15) is 0 Å². The fraction of sp³-hybridized carbons (Fsp3) is 1.00. The van der Waals surface area contributed by atoms with Crippen molar-refractivity contribution in [3.63, 3.8) is 0 Å². The minimum absolute atomic E-state index is 0.153. The number of rotatable bonds is 17. The lowest BCUT2D eigenvalue weighted by molar-refractivity contribution is -0.293. The van der Waals surface area contributed by atoms with E-state index >= 15 is 0 Å². The Morgan fingerprint density at radius 2 is 1.39 bits per heavy atom. The summed E-state index contributed by atoms with van der Waals surface area (Å²) in [5, 5.41) is 76.6. The summed E-state index contributed by atoms with van der Waals surface area (Å²) in [6, 6.07) is -2.47. The molecule has 4 rings (SSSR count). The number of aliphatic hydroxyl groups excluding tert-OH is 7. The van der Waals surface area contributed by atoms with Crippen molar-refractivity contribution < 1.29 is 64.2 Å². The minimum Gasteiger partial charge on any atom is -0.396 e. The Labute approximate surface area is 286 Å². The van der Waals surface area contributed by atoms with Gasteiger partial charge < -0.3 is 98.2 Å². The molecular formula is C30H60N6O13. The van der Waals surface area contributed by atoms with E-state index in [0.717, 1.165) is 13.0 Å². The molecule has 3 heterocycles. The van der Waals surface area contributed by atoms with E-state index in [4.69, 9.17) is 57.1 Å². The molecule has 0 spiro atoms. The molecule has 3 saturated heterocycles. The Morgan fingerprint density at radius 3 is 2.04 bits per heavy atom. The van der Waals surface area contributed by atoms with E-state index in [1.165, 1.54) is 0 Å². The van der Waals surface area contributed by atoms with Crippen LogP contribution in [0.15, 0.2) is 0 Å². The van der Waals surface area contributed by atoms with Crippen molar-refractivity contribution in [1.29, 1.82) is 0 Å². The van der Waals surface area contributed by atoms with Crippen molar-refractivity contribution in [3.8, 4) is 0 Å². The SMILES string of the molecule is NCCCNC[C@@H]1CC[C@@H](N)[C@@H](O[C@H]2[C@H](O[C@@H]3O[C@H](CO)[C@@H](O[C@H]4O[C@@H](CN)[C@@H](O)[C@H](O)[C@H]4N)[C@H]3O)[C@@H](O)[C@H](CC(CO)CO)C[C@@H]2N)O1. The largest absolute Gasteiger partial charge is 0.396 e. The van der Waals surface area contributed by atoms with Crippen molar-refractivity contribution in [3.05, 3.63) is 0 Å². The van der Waals surface area contributed by atoms with Crippen LogP contribution >= 0.6 is 0 Å². The van der Waals surface area contributed by atoms with Gasteiger partial charge in [-0.05, 0) is 51.1 Å². The molecular weight excluding hydrogens is 652 g/mol. The van der Waals surface area contributed by atoms with Crippen molar-refractivity contribution in [2.75, 3.05) is 46.0 Å². The molecule has 4 aliphatic rings. The monoisotopic (exact) mass is 712 g/mol. The highest BCUT2D eigenvalue weighted by molar-refractivity contribution is 5.00. The van der Waals surface area contributed by atoms with Crippen LogP contribution in [-0.4, -0.2) is 180 Å². The van der Waals surface area contributed by atoms with Crippen LogP contribution in [-0.2, 0) is 28.4 Å². The number of nitrogens with one attached hydrogen (secondary N) is 1. The predicted molar refractivity (Wildman–Crippen MR) is 171 cm³/mol. The zero-order chi connectivity index (χ0) is 35.8. The molecule has 4 fully saturated rings. The maximum atomic E-state index is 11.7. The molecule has 1 saturated carbocycles. The second-order valence-electron chi connectivity index (χ2n) is 13.7. The molecule has 0 radical (unpaired) electrons. The van der Waals surface area contributed by atoms with E-state index in [-0.39, 0.29) is 38.7 Å². The minimum atomic E-state index is -1.57. The van der Waals surface area contributed by atoms with E-state index < -0.39 is 110 Å². The molecule has 49 heavy (non-hydrogen) atoms. The van der Waals surface area contributed by atoms with Gasteiger partial charge in [0.25, 0.3) is 0 Å². The lowest BCUT2D eigenvalue weighted by atomic mass is 9.75. The van der Waals surface area contributed by atoms with Crippen molar-refractivity contribution >= 4 is 0 Å². The Bertz CT molecular complexity index is 962. The van der Waals surface area contributed by atoms with Gasteiger partial charge in [-0.25, -0.2) is 0 Å². The van der Waals surface area contributed by atoms with Gasteiger partial charge in [-0.1, -0.05) is 0 Å². The number of aliphatic hydroxyl groups is 7. The van der Waals surface area contributed by atoms with Crippen molar-refractivity contribution in [2.45, 2.75) is 130 Å². The summed E-state index contributed by atoms with van der Waals surface area (Å²) >= 11 is 0. The Kier molecular flexibility index (Phi) is 16.2. The third-order valence-electron chi connectivity index (χ3n) is 10.0. The zero-order valence-electron chi connectivity index (χ0n) is 27.8. The highest BCUT2D eigenvalue weighted by Crippen LogP contribution is 2.38. The van der Waals surface area contributed by atoms with Crippen LogP contribution in [0.2, 0.25) is 0 Å². The van der Waals surface area contributed by atoms with Gasteiger partial charge in [-0.15, -0.1) is 0 Å². The van der Waals surface area contributed by atoms with Gasteiger partial charge in [0, 0.05) is 38.3 Å². The molecule has 0 bridgehead atoms. The summed E-state index contributed by atoms with van der Waals surface area (Å²) < 4.78 is 36.3. The second-order valence-corrected chi connectivity index (χ2v) is 13.7. The maximum Gasteiger partial charge on any atom is 0.187 e. The number of ether oxygens (including phenoxy) is 6. The molecule has 17 atom stereocenters. The topological polar surface area (TPSA) is 339 Å². The van der Waals surface area contributed by atoms with Crippen molar-refractivity contribution in [1.82, 2.24) is 5.32 Å². The third-order valence-corrected chi connectivity index (χ3v) is 10.0. The third kappa shape index (κ3) is 10.0. The summed E-state index contributed by atoms with van der Waals surface area (Å²) in [7, 11) is 0. The van der Waals surface area contributed by atoms with Gasteiger partial charge in [0.15, 0.2) is 18.9 Å². The van der Waals surface area contributed by atoms with Gasteiger partial charge >= 0.3 is 0 Å². The summed E-state index contributed by atoms with van der Waals surface area (Å²) in [4.78, 5) is 0. The van der Waals surface area contributed by atoms with Crippen molar-refractivity contribution in [2.24, 2.45) is 40.5 Å². The van der Waals surface area contributed by atoms with Gasteiger partial charge in [0.1, 0.15) is 48.8 Å².